The smallest absolute Gasteiger partial charge is 0.337 e. The number of carbonyl (C=O) groups is 2. The van der Waals surface area contributed by atoms with Gasteiger partial charge in [-0.25, -0.2) is 9.59 Å². The molecule has 0 bridgehead atoms. The van der Waals surface area contributed by atoms with Crippen LogP contribution in [0.4, 0.5) is 10.5 Å². The van der Waals surface area contributed by atoms with E-state index >= 15 is 0 Å². The zero-order valence-electron chi connectivity index (χ0n) is 13.4. The minimum absolute atomic E-state index is 0.198. The number of urea groups is 1. The van der Waals surface area contributed by atoms with Crippen molar-refractivity contribution in [3.63, 3.8) is 0 Å². The van der Waals surface area contributed by atoms with Crippen LogP contribution in [0.5, 0.6) is 0 Å². The van der Waals surface area contributed by atoms with Gasteiger partial charge >= 0.3 is 12.0 Å². The maximum absolute atomic E-state index is 12.1. The predicted octanol–water partition coefficient (Wildman–Crippen LogP) is 1.57. The van der Waals surface area contributed by atoms with E-state index in [0.717, 1.165) is 12.1 Å². The van der Waals surface area contributed by atoms with Crippen molar-refractivity contribution in [1.82, 2.24) is 10.6 Å². The Hall–Kier alpha value is -2.50. The Kier molecular flexibility index (Phi) is 4.23. The molecule has 6 nitrogen and oxygen atoms in total. The van der Waals surface area contributed by atoms with Gasteiger partial charge in [-0.15, -0.1) is 0 Å². The number of hydrogen-bond acceptors (Lipinski definition) is 4. The molecule has 6 heteroatoms. The summed E-state index contributed by atoms with van der Waals surface area (Å²) in [7, 11) is 0. The normalized spacial score (nSPS) is 20.0. The molecule has 0 spiro atoms. The molecule has 2 N–H and O–H groups in total. The zero-order valence-corrected chi connectivity index (χ0v) is 13.4. The van der Waals surface area contributed by atoms with Crippen molar-refractivity contribution in [1.29, 1.82) is 0 Å². The first-order valence-electron chi connectivity index (χ1n) is 7.88. The lowest BCUT2D eigenvalue weighted by Crippen LogP contribution is -2.47. The largest absolute Gasteiger partial charge is 0.463 e. The quantitative estimate of drug-likeness (QED) is 0.828. The maximum atomic E-state index is 12.1. The van der Waals surface area contributed by atoms with Crippen LogP contribution in [0, 0.1) is 0 Å². The molecular formula is C17H21N3O3. The Morgan fingerprint density at radius 2 is 2.17 bits per heavy atom. The molecule has 1 unspecified atom stereocenters. The third-order valence-corrected chi connectivity index (χ3v) is 4.25. The molecule has 0 aromatic heterocycles. The van der Waals surface area contributed by atoms with E-state index in [1.165, 1.54) is 5.56 Å². The summed E-state index contributed by atoms with van der Waals surface area (Å²) >= 11 is 0. The summed E-state index contributed by atoms with van der Waals surface area (Å²) in [6.45, 7) is 4.91. The lowest BCUT2D eigenvalue weighted by atomic mass is 10.1. The summed E-state index contributed by atoms with van der Waals surface area (Å²) in [6.07, 6.45) is 0.963. The van der Waals surface area contributed by atoms with Gasteiger partial charge < -0.3 is 20.3 Å². The summed E-state index contributed by atoms with van der Waals surface area (Å²) in [5.41, 5.74) is 3.56. The standard InChI is InChI=1S/C17H21N3O3/c1-3-23-16(21)13-9-18-17(22)19-14(13)10-20-11(2)8-12-6-4-5-7-15(12)20/h4-7,11H,3,8-10H2,1-2H3,(H2,18,19,22). The van der Waals surface area contributed by atoms with Crippen molar-refractivity contribution in [2.24, 2.45) is 0 Å². The van der Waals surface area contributed by atoms with Crippen LogP contribution < -0.4 is 15.5 Å². The van der Waals surface area contributed by atoms with Gasteiger partial charge in [0.2, 0.25) is 0 Å². The number of fused-ring (bicyclic) bond motifs is 1. The minimum Gasteiger partial charge on any atom is -0.463 e. The van der Waals surface area contributed by atoms with Gasteiger partial charge in [0.15, 0.2) is 0 Å². The van der Waals surface area contributed by atoms with E-state index in [-0.39, 0.29) is 18.5 Å². The Morgan fingerprint density at radius 1 is 1.39 bits per heavy atom. The van der Waals surface area contributed by atoms with Crippen LogP contribution in [0.25, 0.3) is 0 Å². The molecule has 2 aliphatic heterocycles. The number of ether oxygens (including phenoxy) is 1. The van der Waals surface area contributed by atoms with Crippen molar-refractivity contribution in [3.8, 4) is 0 Å². The first kappa shape index (κ1) is 15.4. The Labute approximate surface area is 135 Å². The SMILES string of the molecule is CCOC(=O)C1=C(CN2c3ccccc3CC2C)NC(=O)NC1. The van der Waals surface area contributed by atoms with Crippen LogP contribution >= 0.6 is 0 Å². The van der Waals surface area contributed by atoms with Crippen molar-refractivity contribution < 1.29 is 14.3 Å². The first-order chi connectivity index (χ1) is 11.1. The minimum atomic E-state index is -0.380. The monoisotopic (exact) mass is 315 g/mol. The molecule has 0 saturated carbocycles. The van der Waals surface area contributed by atoms with Crippen LogP contribution in [0.1, 0.15) is 19.4 Å². The first-order valence-corrected chi connectivity index (χ1v) is 7.88. The highest BCUT2D eigenvalue weighted by atomic mass is 16.5. The summed E-state index contributed by atoms with van der Waals surface area (Å²) < 4.78 is 5.10. The zero-order chi connectivity index (χ0) is 16.4. The van der Waals surface area contributed by atoms with E-state index in [2.05, 4.69) is 34.6 Å². The van der Waals surface area contributed by atoms with E-state index < -0.39 is 0 Å². The van der Waals surface area contributed by atoms with Crippen LogP contribution in [-0.2, 0) is 16.0 Å². The molecular weight excluding hydrogens is 294 g/mol. The summed E-state index contributed by atoms with van der Waals surface area (Å²) in [4.78, 5) is 26.0. The average molecular weight is 315 g/mol. The van der Waals surface area contributed by atoms with Crippen LogP contribution in [0.3, 0.4) is 0 Å². The summed E-state index contributed by atoms with van der Waals surface area (Å²) in [6, 6.07) is 8.26. The van der Waals surface area contributed by atoms with Gasteiger partial charge in [0.1, 0.15) is 0 Å². The summed E-state index contributed by atoms with van der Waals surface area (Å²) in [5, 5.41) is 5.40. The number of para-hydroxylation sites is 1. The lowest BCUT2D eigenvalue weighted by Gasteiger charge is -2.29. The number of hydrogen-bond donors (Lipinski definition) is 2. The number of nitrogens with one attached hydrogen (secondary N) is 2. The molecule has 2 amide bonds. The highest BCUT2D eigenvalue weighted by Gasteiger charge is 2.30. The third kappa shape index (κ3) is 3.02. The molecule has 2 heterocycles. The predicted molar refractivity (Wildman–Crippen MR) is 87.1 cm³/mol. The number of anilines is 1. The molecule has 0 saturated heterocycles. The van der Waals surface area contributed by atoms with Gasteiger partial charge in [0, 0.05) is 11.7 Å². The van der Waals surface area contributed by atoms with Crippen LogP contribution in [0.2, 0.25) is 0 Å². The van der Waals surface area contributed by atoms with E-state index in [1.54, 1.807) is 6.92 Å². The van der Waals surface area contributed by atoms with Crippen molar-refractivity contribution in [2.45, 2.75) is 26.3 Å². The topological polar surface area (TPSA) is 70.7 Å². The van der Waals surface area contributed by atoms with E-state index in [9.17, 15) is 9.59 Å². The number of benzene rings is 1. The van der Waals surface area contributed by atoms with Gasteiger partial charge in [-0.2, -0.15) is 0 Å². The molecule has 1 aromatic carbocycles. The Morgan fingerprint density at radius 3 is 2.96 bits per heavy atom. The van der Waals surface area contributed by atoms with E-state index in [4.69, 9.17) is 4.74 Å². The Bertz CT molecular complexity index is 669. The molecule has 0 radical (unpaired) electrons. The number of nitrogens with zero attached hydrogens (tertiary/aromatic N) is 1. The molecule has 122 valence electrons. The lowest BCUT2D eigenvalue weighted by molar-refractivity contribution is -0.138. The molecule has 1 aromatic rings. The van der Waals surface area contributed by atoms with Crippen molar-refractivity contribution in [2.75, 3.05) is 24.6 Å². The number of rotatable bonds is 4. The van der Waals surface area contributed by atoms with Crippen LogP contribution in [0.15, 0.2) is 35.5 Å². The highest BCUT2D eigenvalue weighted by Crippen LogP contribution is 2.32. The molecule has 2 aliphatic rings. The average Bonchev–Trinajstić information content (AvgIpc) is 2.84. The number of esters is 1. The molecule has 0 fully saturated rings. The molecule has 0 aliphatic carbocycles. The van der Waals surface area contributed by atoms with Gasteiger partial charge in [0.05, 0.1) is 31.0 Å². The van der Waals surface area contributed by atoms with Gasteiger partial charge in [-0.1, -0.05) is 18.2 Å². The van der Waals surface area contributed by atoms with Crippen molar-refractivity contribution >= 4 is 17.7 Å². The van der Waals surface area contributed by atoms with Gasteiger partial charge in [0.25, 0.3) is 0 Å². The van der Waals surface area contributed by atoms with E-state index in [1.807, 2.05) is 12.1 Å². The highest BCUT2D eigenvalue weighted by molar-refractivity contribution is 5.94. The second-order valence-corrected chi connectivity index (χ2v) is 5.80. The van der Waals surface area contributed by atoms with Gasteiger partial charge in [-0.05, 0) is 31.9 Å². The molecule has 1 atom stereocenters. The fourth-order valence-electron chi connectivity index (χ4n) is 3.12. The summed E-state index contributed by atoms with van der Waals surface area (Å²) in [5.74, 6) is -0.380. The number of amides is 2. The third-order valence-electron chi connectivity index (χ3n) is 4.25. The van der Waals surface area contributed by atoms with Crippen molar-refractivity contribution in [3.05, 3.63) is 41.1 Å². The number of carbonyl (C=O) groups excluding carboxylic acids is 2. The van der Waals surface area contributed by atoms with Crippen LogP contribution in [-0.4, -0.2) is 37.7 Å². The Balaban J connectivity index is 1.89. The van der Waals surface area contributed by atoms with Gasteiger partial charge in [-0.3, -0.25) is 0 Å². The fourth-order valence-corrected chi connectivity index (χ4v) is 3.12. The second kappa shape index (κ2) is 6.32. The fraction of sp³-hybridized carbons (Fsp3) is 0.412. The maximum Gasteiger partial charge on any atom is 0.337 e. The molecule has 3 rings (SSSR count). The van der Waals surface area contributed by atoms with E-state index in [0.29, 0.717) is 30.5 Å². The molecule has 23 heavy (non-hydrogen) atoms. The second-order valence-electron chi connectivity index (χ2n) is 5.80.